The molecule has 5 nitrogen and oxygen atoms in total. The van der Waals surface area contributed by atoms with E-state index in [-0.39, 0.29) is 35.3 Å². The molecule has 0 saturated carbocycles. The van der Waals surface area contributed by atoms with E-state index >= 15 is 0 Å². The molecule has 0 spiro atoms. The van der Waals surface area contributed by atoms with Crippen LogP contribution in [0.25, 0.3) is 0 Å². The van der Waals surface area contributed by atoms with Crippen molar-refractivity contribution in [2.45, 2.75) is 40.7 Å². The molecular weight excluding hydrogens is 344 g/mol. The number of allylic oxidation sites excluding steroid dienone is 1. The zero-order chi connectivity index (χ0) is 19.8. The molecule has 0 unspecified atom stereocenters. The van der Waals surface area contributed by atoms with E-state index < -0.39 is 0 Å². The quantitative estimate of drug-likeness (QED) is 0.453. The summed E-state index contributed by atoms with van der Waals surface area (Å²) in [4.78, 5) is 22.5. The van der Waals surface area contributed by atoms with Crippen molar-refractivity contribution < 1.29 is 23.8 Å². The Morgan fingerprint density at radius 2 is 1.81 bits per heavy atom. The number of ether oxygens (including phenoxy) is 3. The first-order valence-electron chi connectivity index (χ1n) is 9.46. The first-order chi connectivity index (χ1) is 12.7. The third kappa shape index (κ3) is 3.65. The molecule has 27 heavy (non-hydrogen) atoms. The van der Waals surface area contributed by atoms with Crippen molar-refractivity contribution in [2.75, 3.05) is 13.2 Å². The van der Waals surface area contributed by atoms with E-state index in [1.807, 2.05) is 12.1 Å². The minimum absolute atomic E-state index is 0.0689. The van der Waals surface area contributed by atoms with E-state index in [9.17, 15) is 9.59 Å². The van der Waals surface area contributed by atoms with Crippen LogP contribution in [0.1, 0.15) is 46.3 Å². The van der Waals surface area contributed by atoms with Crippen molar-refractivity contribution in [1.29, 1.82) is 0 Å². The van der Waals surface area contributed by atoms with E-state index in [1.54, 1.807) is 12.1 Å². The number of hydrogen-bond acceptors (Lipinski definition) is 5. The SMILES string of the molecule is CC(=O)OC[C@@]12CO[C@H](c3ccc(OC(C)=O)cc3)[C@@H](C(C)=C[C@@H]1C)[C@@H]2C. The Balaban J connectivity index is 1.88. The Bertz CT molecular complexity index is 750. The largest absolute Gasteiger partial charge is 0.465 e. The number of carbonyl (C=O) groups is 2. The highest BCUT2D eigenvalue weighted by atomic mass is 16.5. The second-order valence-corrected chi connectivity index (χ2v) is 7.92. The summed E-state index contributed by atoms with van der Waals surface area (Å²) >= 11 is 0. The number of hydrogen-bond donors (Lipinski definition) is 0. The number of carbonyl (C=O) groups excluding carboxylic acids is 2. The van der Waals surface area contributed by atoms with Gasteiger partial charge in [-0.3, -0.25) is 9.59 Å². The monoisotopic (exact) mass is 372 g/mol. The van der Waals surface area contributed by atoms with Crippen molar-refractivity contribution in [2.24, 2.45) is 23.2 Å². The molecule has 0 N–H and O–H groups in total. The molecule has 1 aliphatic carbocycles. The Morgan fingerprint density at radius 1 is 1.15 bits per heavy atom. The molecule has 0 aromatic heterocycles. The fourth-order valence-corrected chi connectivity index (χ4v) is 4.69. The molecule has 1 heterocycles. The van der Waals surface area contributed by atoms with Crippen LogP contribution in [0.3, 0.4) is 0 Å². The second kappa shape index (κ2) is 7.47. The molecule has 1 saturated heterocycles. The van der Waals surface area contributed by atoms with Crippen LogP contribution in [0, 0.1) is 23.2 Å². The molecule has 5 heteroatoms. The highest BCUT2D eigenvalue weighted by Crippen LogP contribution is 2.56. The summed E-state index contributed by atoms with van der Waals surface area (Å²) in [7, 11) is 0. The van der Waals surface area contributed by atoms with Gasteiger partial charge >= 0.3 is 11.9 Å². The van der Waals surface area contributed by atoms with Crippen LogP contribution in [0.4, 0.5) is 0 Å². The Labute approximate surface area is 160 Å². The standard InChI is InChI=1S/C22H28O5/c1-13-10-14(2)22(11-25-16(4)23)12-26-21(20(13)15(22)3)18-6-8-19(9-7-18)27-17(5)24/h6-10,14-15,20-21H,11-12H2,1-5H3/t14-,15-,20-,21+,22+/m0/s1. The van der Waals surface area contributed by atoms with Gasteiger partial charge in [0.15, 0.2) is 0 Å². The first-order valence-corrected chi connectivity index (χ1v) is 9.46. The number of fused-ring (bicyclic) bond motifs is 2. The molecule has 3 rings (SSSR count). The highest BCUT2D eigenvalue weighted by Gasteiger charge is 2.54. The topological polar surface area (TPSA) is 61.8 Å². The van der Waals surface area contributed by atoms with E-state index in [1.165, 1.54) is 19.4 Å². The lowest BCUT2D eigenvalue weighted by Crippen LogP contribution is -2.54. The first kappa shape index (κ1) is 19.6. The molecule has 1 aromatic rings. The maximum Gasteiger partial charge on any atom is 0.308 e. The van der Waals surface area contributed by atoms with Crippen LogP contribution < -0.4 is 4.74 Å². The van der Waals surface area contributed by atoms with Gasteiger partial charge in [-0.25, -0.2) is 0 Å². The molecule has 1 aromatic carbocycles. The van der Waals surface area contributed by atoms with E-state index in [0.29, 0.717) is 24.9 Å². The van der Waals surface area contributed by atoms with E-state index in [0.717, 1.165) is 5.56 Å². The smallest absolute Gasteiger partial charge is 0.308 e. The van der Waals surface area contributed by atoms with Crippen molar-refractivity contribution in [1.82, 2.24) is 0 Å². The molecule has 0 radical (unpaired) electrons. The minimum Gasteiger partial charge on any atom is -0.465 e. The van der Waals surface area contributed by atoms with E-state index in [2.05, 4.69) is 26.8 Å². The van der Waals surface area contributed by atoms with Crippen molar-refractivity contribution in [3.05, 3.63) is 41.5 Å². The maximum atomic E-state index is 11.4. The summed E-state index contributed by atoms with van der Waals surface area (Å²) in [5.41, 5.74) is 2.16. The van der Waals surface area contributed by atoms with Crippen LogP contribution in [0.15, 0.2) is 35.9 Å². The second-order valence-electron chi connectivity index (χ2n) is 7.92. The average molecular weight is 372 g/mol. The average Bonchev–Trinajstić information content (AvgIpc) is 2.59. The number of esters is 2. The van der Waals surface area contributed by atoms with Crippen LogP contribution in [0.2, 0.25) is 0 Å². The third-order valence-corrected chi connectivity index (χ3v) is 6.26. The van der Waals surface area contributed by atoms with Gasteiger partial charge < -0.3 is 14.2 Å². The zero-order valence-corrected chi connectivity index (χ0v) is 16.7. The summed E-state index contributed by atoms with van der Waals surface area (Å²) in [6.45, 7) is 10.3. The maximum absolute atomic E-state index is 11.4. The normalized spacial score (nSPS) is 32.4. The lowest BCUT2D eigenvalue weighted by molar-refractivity contribution is -0.180. The summed E-state index contributed by atoms with van der Waals surface area (Å²) in [6, 6.07) is 7.52. The molecule has 2 bridgehead atoms. The summed E-state index contributed by atoms with van der Waals surface area (Å²) in [6.07, 6.45) is 2.23. The van der Waals surface area contributed by atoms with Gasteiger partial charge in [-0.15, -0.1) is 0 Å². The molecule has 0 amide bonds. The Hall–Kier alpha value is -2.14. The van der Waals surface area contributed by atoms with Crippen LogP contribution in [-0.2, 0) is 19.1 Å². The fraction of sp³-hybridized carbons (Fsp3) is 0.545. The molecule has 146 valence electrons. The van der Waals surface area contributed by atoms with Gasteiger partial charge in [0.25, 0.3) is 0 Å². The van der Waals surface area contributed by atoms with E-state index in [4.69, 9.17) is 14.2 Å². The Morgan fingerprint density at radius 3 is 2.41 bits per heavy atom. The molecule has 1 fully saturated rings. The molecule has 5 atom stereocenters. The Kier molecular flexibility index (Phi) is 5.43. The van der Waals surface area contributed by atoms with Gasteiger partial charge in [-0.05, 0) is 36.5 Å². The van der Waals surface area contributed by atoms with Gasteiger partial charge in [-0.1, -0.05) is 37.6 Å². The molecule has 1 aliphatic heterocycles. The minimum atomic E-state index is -0.333. The van der Waals surface area contributed by atoms with Gasteiger partial charge in [0, 0.05) is 25.2 Å². The number of rotatable bonds is 4. The summed E-state index contributed by atoms with van der Waals surface area (Å²) in [5.74, 6) is 0.739. The van der Waals surface area contributed by atoms with Gasteiger partial charge in [0.05, 0.1) is 19.3 Å². The lowest BCUT2D eigenvalue weighted by atomic mass is 9.56. The van der Waals surface area contributed by atoms with Gasteiger partial charge in [0.1, 0.15) is 5.75 Å². The predicted octanol–water partition coefficient (Wildman–Crippen LogP) is 4.08. The van der Waals surface area contributed by atoms with Crippen molar-refractivity contribution >= 4 is 11.9 Å². The van der Waals surface area contributed by atoms with Crippen LogP contribution in [-0.4, -0.2) is 25.2 Å². The van der Waals surface area contributed by atoms with Crippen molar-refractivity contribution in [3.63, 3.8) is 0 Å². The zero-order valence-electron chi connectivity index (χ0n) is 16.7. The highest BCUT2D eigenvalue weighted by molar-refractivity contribution is 5.69. The summed E-state index contributed by atoms with van der Waals surface area (Å²) < 4.78 is 16.9. The predicted molar refractivity (Wildman–Crippen MR) is 101 cm³/mol. The number of benzene rings is 1. The molecule has 2 aliphatic rings. The van der Waals surface area contributed by atoms with Gasteiger partial charge in [0.2, 0.25) is 0 Å². The summed E-state index contributed by atoms with van der Waals surface area (Å²) in [5, 5.41) is 0. The third-order valence-electron chi connectivity index (χ3n) is 6.26. The van der Waals surface area contributed by atoms with Crippen LogP contribution in [0.5, 0.6) is 5.75 Å². The fourth-order valence-electron chi connectivity index (χ4n) is 4.69. The van der Waals surface area contributed by atoms with Crippen molar-refractivity contribution in [3.8, 4) is 5.75 Å². The van der Waals surface area contributed by atoms with Gasteiger partial charge in [-0.2, -0.15) is 0 Å². The lowest BCUT2D eigenvalue weighted by Gasteiger charge is -2.55. The van der Waals surface area contributed by atoms with Crippen LogP contribution >= 0.6 is 0 Å². The molecular formula is C22H28O5.